The molecule has 1 atom stereocenters. The molecule has 0 heterocycles. The number of ether oxygens (including phenoxy) is 1. The lowest BCUT2D eigenvalue weighted by atomic mass is 10.3. The van der Waals surface area contributed by atoms with Gasteiger partial charge < -0.3 is 4.74 Å². The summed E-state index contributed by atoms with van der Waals surface area (Å²) in [5.41, 5.74) is -3.11. The van der Waals surface area contributed by atoms with Crippen LogP contribution in [-0.2, 0) is 10.0 Å². The van der Waals surface area contributed by atoms with Crippen molar-refractivity contribution in [3.05, 3.63) is 24.3 Å². The summed E-state index contributed by atoms with van der Waals surface area (Å²) in [6.45, 7) is 0. The number of sulfonamides is 1. The lowest BCUT2D eigenvalue weighted by molar-refractivity contribution is -0.200. The first-order valence-electron chi connectivity index (χ1n) is 4.11. The van der Waals surface area contributed by atoms with Gasteiger partial charge in [-0.15, -0.1) is 0 Å². The number of primary sulfonamides is 1. The molecule has 1 aromatic carbocycles. The van der Waals surface area contributed by atoms with Crippen molar-refractivity contribution in [2.45, 2.75) is 16.6 Å². The summed E-state index contributed by atoms with van der Waals surface area (Å²) in [4.78, 5) is -0.683. The molecular formula is C8H7ClF3NO3S. The number of para-hydroxylation sites is 1. The summed E-state index contributed by atoms with van der Waals surface area (Å²) >= 11 is 4.56. The van der Waals surface area contributed by atoms with Gasteiger partial charge in [-0.3, -0.25) is 0 Å². The minimum Gasteiger partial charge on any atom is -0.428 e. The second-order valence-corrected chi connectivity index (χ2v) is 4.87. The van der Waals surface area contributed by atoms with Crippen molar-refractivity contribution in [2.75, 3.05) is 0 Å². The van der Waals surface area contributed by atoms with Gasteiger partial charge in [0.15, 0.2) is 0 Å². The fraction of sp³-hybridized carbons (Fsp3) is 0.250. The third-order valence-corrected chi connectivity index (χ3v) is 2.86. The average molecular weight is 290 g/mol. The van der Waals surface area contributed by atoms with Crippen LogP contribution in [0.5, 0.6) is 5.75 Å². The first-order valence-corrected chi connectivity index (χ1v) is 6.09. The quantitative estimate of drug-likeness (QED) is 0.860. The molecule has 0 spiro atoms. The molecule has 0 bridgehead atoms. The van der Waals surface area contributed by atoms with Crippen molar-refractivity contribution in [1.29, 1.82) is 0 Å². The van der Waals surface area contributed by atoms with Gasteiger partial charge in [-0.05, 0) is 12.1 Å². The number of rotatable bonds is 4. The molecule has 1 unspecified atom stereocenters. The zero-order chi connectivity index (χ0) is 13.3. The first-order chi connectivity index (χ1) is 7.64. The van der Waals surface area contributed by atoms with Crippen LogP contribution in [0.25, 0.3) is 0 Å². The Morgan fingerprint density at radius 3 is 2.35 bits per heavy atom. The lowest BCUT2D eigenvalue weighted by Gasteiger charge is -2.19. The fourth-order valence-electron chi connectivity index (χ4n) is 0.961. The van der Waals surface area contributed by atoms with Gasteiger partial charge in [0.05, 0.1) is 0 Å². The summed E-state index contributed by atoms with van der Waals surface area (Å²) in [6, 6.07) is 4.33. The molecule has 0 radical (unpaired) electrons. The van der Waals surface area contributed by atoms with Gasteiger partial charge in [-0.1, -0.05) is 23.7 Å². The summed E-state index contributed by atoms with van der Waals surface area (Å²) in [6.07, 6.45) is -4.36. The van der Waals surface area contributed by atoms with Gasteiger partial charge in [0.2, 0.25) is 10.0 Å². The molecule has 0 fully saturated rings. The van der Waals surface area contributed by atoms with Gasteiger partial charge >= 0.3 is 6.11 Å². The van der Waals surface area contributed by atoms with E-state index in [4.69, 9.17) is 5.14 Å². The number of nitrogens with two attached hydrogens (primary N) is 1. The van der Waals surface area contributed by atoms with Crippen LogP contribution < -0.4 is 9.88 Å². The van der Waals surface area contributed by atoms with Gasteiger partial charge in [-0.2, -0.15) is 8.78 Å². The van der Waals surface area contributed by atoms with Crippen LogP contribution in [-0.4, -0.2) is 20.2 Å². The molecule has 2 N–H and O–H groups in total. The minimum absolute atomic E-state index is 0.683. The van der Waals surface area contributed by atoms with Gasteiger partial charge in [0.25, 0.3) is 5.63 Å². The molecule has 17 heavy (non-hydrogen) atoms. The van der Waals surface area contributed by atoms with Crippen LogP contribution >= 0.6 is 11.6 Å². The molecule has 0 aliphatic rings. The molecular weight excluding hydrogens is 283 g/mol. The third kappa shape index (κ3) is 3.48. The molecule has 0 aromatic heterocycles. The highest BCUT2D eigenvalue weighted by Crippen LogP contribution is 2.32. The van der Waals surface area contributed by atoms with Crippen LogP contribution in [0.4, 0.5) is 13.2 Å². The molecule has 1 rings (SSSR count). The topological polar surface area (TPSA) is 69.4 Å². The average Bonchev–Trinajstić information content (AvgIpc) is 2.15. The molecule has 1 aromatic rings. The molecule has 0 saturated carbocycles. The van der Waals surface area contributed by atoms with Crippen LogP contribution in [0.3, 0.4) is 0 Å². The van der Waals surface area contributed by atoms with Gasteiger partial charge in [-0.25, -0.2) is 17.9 Å². The van der Waals surface area contributed by atoms with Crippen LogP contribution in [0.2, 0.25) is 0 Å². The Bertz CT molecular complexity index is 506. The number of halogens is 4. The highest BCUT2D eigenvalue weighted by molar-refractivity contribution is 7.89. The van der Waals surface area contributed by atoms with Crippen molar-refractivity contribution >= 4 is 21.6 Å². The van der Waals surface area contributed by atoms with Crippen molar-refractivity contribution < 1.29 is 26.3 Å². The van der Waals surface area contributed by atoms with E-state index < -0.39 is 32.4 Å². The molecule has 0 aliphatic heterocycles. The Kier molecular flexibility index (Phi) is 3.90. The molecule has 9 heteroatoms. The van der Waals surface area contributed by atoms with E-state index in [1.54, 1.807) is 0 Å². The predicted octanol–water partition coefficient (Wildman–Crippen LogP) is 1.84. The van der Waals surface area contributed by atoms with Crippen LogP contribution in [0.15, 0.2) is 29.2 Å². The van der Waals surface area contributed by atoms with E-state index in [2.05, 4.69) is 16.3 Å². The van der Waals surface area contributed by atoms with Crippen molar-refractivity contribution in [3.8, 4) is 5.75 Å². The number of alkyl halides is 4. The van der Waals surface area contributed by atoms with Crippen LogP contribution in [0.1, 0.15) is 0 Å². The second-order valence-electron chi connectivity index (χ2n) is 2.96. The maximum Gasteiger partial charge on any atom is 0.444 e. The maximum atomic E-state index is 12.8. The van der Waals surface area contributed by atoms with E-state index >= 15 is 0 Å². The van der Waals surface area contributed by atoms with E-state index in [-0.39, 0.29) is 0 Å². The Morgan fingerprint density at radius 2 is 1.88 bits per heavy atom. The van der Waals surface area contributed by atoms with E-state index in [1.165, 1.54) is 12.1 Å². The largest absolute Gasteiger partial charge is 0.444 e. The molecule has 96 valence electrons. The number of hydrogen-bond donors (Lipinski definition) is 1. The Morgan fingerprint density at radius 1 is 1.35 bits per heavy atom. The third-order valence-electron chi connectivity index (χ3n) is 1.66. The summed E-state index contributed by atoms with van der Waals surface area (Å²) in [5, 5.41) is 4.77. The molecule has 0 aliphatic carbocycles. The fourth-order valence-corrected chi connectivity index (χ4v) is 1.66. The monoisotopic (exact) mass is 289 g/mol. The smallest absolute Gasteiger partial charge is 0.428 e. The SMILES string of the molecule is NS(=O)(=O)c1ccccc1OC(F)(F)C(F)Cl. The van der Waals surface area contributed by atoms with E-state index in [0.29, 0.717) is 0 Å². The Labute approximate surface area is 100 Å². The molecule has 0 saturated heterocycles. The molecule has 0 amide bonds. The van der Waals surface area contributed by atoms with Gasteiger partial charge in [0.1, 0.15) is 10.6 Å². The summed E-state index contributed by atoms with van der Waals surface area (Å²) in [7, 11) is -4.26. The highest BCUT2D eigenvalue weighted by atomic mass is 35.5. The minimum atomic E-state index is -4.36. The Hall–Kier alpha value is -0.990. The Balaban J connectivity index is 3.17. The highest BCUT2D eigenvalue weighted by Gasteiger charge is 2.43. The van der Waals surface area contributed by atoms with E-state index in [1.807, 2.05) is 0 Å². The number of hydrogen-bond acceptors (Lipinski definition) is 3. The van der Waals surface area contributed by atoms with Crippen molar-refractivity contribution in [1.82, 2.24) is 0 Å². The summed E-state index contributed by atoms with van der Waals surface area (Å²) in [5.74, 6) is -0.775. The zero-order valence-electron chi connectivity index (χ0n) is 8.11. The second kappa shape index (κ2) is 4.71. The predicted molar refractivity (Wildman–Crippen MR) is 54.1 cm³/mol. The lowest BCUT2D eigenvalue weighted by Crippen LogP contribution is -2.33. The van der Waals surface area contributed by atoms with E-state index in [0.717, 1.165) is 12.1 Å². The van der Waals surface area contributed by atoms with Gasteiger partial charge in [0, 0.05) is 0 Å². The van der Waals surface area contributed by atoms with Crippen LogP contribution in [0, 0.1) is 0 Å². The zero-order valence-corrected chi connectivity index (χ0v) is 9.68. The van der Waals surface area contributed by atoms with E-state index in [9.17, 15) is 21.6 Å². The summed E-state index contributed by atoms with van der Waals surface area (Å²) < 4.78 is 64.0. The molecule has 4 nitrogen and oxygen atoms in total. The normalized spacial score (nSPS) is 14.4. The van der Waals surface area contributed by atoms with Crippen molar-refractivity contribution in [3.63, 3.8) is 0 Å². The number of benzene rings is 1. The first kappa shape index (κ1) is 14.1. The maximum absolute atomic E-state index is 12.8. The standard InChI is InChI=1S/C8H7ClF3NO3S/c9-7(10)8(11,12)16-5-3-1-2-4-6(5)17(13,14)15/h1-4,7H,(H2,13,14,15). The van der Waals surface area contributed by atoms with Crippen molar-refractivity contribution in [2.24, 2.45) is 5.14 Å².